The van der Waals surface area contributed by atoms with Crippen LogP contribution < -0.4 is 0 Å². The smallest absolute Gasteiger partial charge is 0.139 e. The molecular weight excluding hydrogens is 440 g/mol. The third-order valence-electron chi connectivity index (χ3n) is 10.0. The summed E-state index contributed by atoms with van der Waals surface area (Å²) >= 11 is 0. The van der Waals surface area contributed by atoms with E-state index in [-0.39, 0.29) is 5.41 Å². The number of phenolic OH excluding ortho intramolecular Hbond substituents is 1. The Hall–Kier alpha value is -2.87. The SMILES string of the molecule is CCc1ccc(-c2cc3c(c(-c4ccc(CC)cc4)c2O)CC[C@@H]2[C@@H]3CC[C@]3(C)C(=O)CC[C@@H]23)cc1. The minimum absolute atomic E-state index is 0.118. The first-order valence-corrected chi connectivity index (χ1v) is 14.0. The van der Waals surface area contributed by atoms with Crippen molar-refractivity contribution >= 4 is 5.78 Å². The Labute approximate surface area is 215 Å². The first-order chi connectivity index (χ1) is 17.4. The van der Waals surface area contributed by atoms with E-state index in [2.05, 4.69) is 75.4 Å². The summed E-state index contributed by atoms with van der Waals surface area (Å²) in [4.78, 5) is 12.8. The first kappa shape index (κ1) is 23.5. The Morgan fingerprint density at radius 1 is 0.861 bits per heavy atom. The Bertz CT molecular complexity index is 1300. The second kappa shape index (κ2) is 8.91. The van der Waals surface area contributed by atoms with E-state index in [1.165, 1.54) is 22.3 Å². The molecule has 2 saturated carbocycles. The van der Waals surface area contributed by atoms with Gasteiger partial charge in [0.15, 0.2) is 0 Å². The van der Waals surface area contributed by atoms with Crippen LogP contribution in [0.3, 0.4) is 0 Å². The molecule has 0 spiro atoms. The summed E-state index contributed by atoms with van der Waals surface area (Å²) < 4.78 is 0. The summed E-state index contributed by atoms with van der Waals surface area (Å²) in [6.45, 7) is 6.60. The van der Waals surface area contributed by atoms with Gasteiger partial charge in [0.25, 0.3) is 0 Å². The zero-order valence-corrected chi connectivity index (χ0v) is 21.9. The lowest BCUT2D eigenvalue weighted by molar-refractivity contribution is -0.129. The summed E-state index contributed by atoms with van der Waals surface area (Å²) in [5.41, 5.74) is 9.43. The molecule has 0 bridgehead atoms. The highest BCUT2D eigenvalue weighted by Crippen LogP contribution is 2.61. The Morgan fingerprint density at radius 3 is 2.14 bits per heavy atom. The summed E-state index contributed by atoms with van der Waals surface area (Å²) in [6.07, 6.45) is 8.00. The number of carbonyl (C=O) groups is 1. The molecule has 2 nitrogen and oxygen atoms in total. The van der Waals surface area contributed by atoms with E-state index in [1.54, 1.807) is 0 Å². The average Bonchev–Trinajstić information content (AvgIpc) is 3.22. The van der Waals surface area contributed by atoms with Crippen molar-refractivity contribution < 1.29 is 9.90 Å². The zero-order valence-electron chi connectivity index (χ0n) is 21.9. The van der Waals surface area contributed by atoms with Gasteiger partial charge < -0.3 is 5.11 Å². The van der Waals surface area contributed by atoms with Crippen molar-refractivity contribution in [1.82, 2.24) is 0 Å². The number of hydrogen-bond acceptors (Lipinski definition) is 2. The summed E-state index contributed by atoms with van der Waals surface area (Å²) in [5, 5.41) is 11.8. The molecular formula is C34H38O2. The number of rotatable bonds is 4. The number of aryl methyl sites for hydroxylation is 2. The Morgan fingerprint density at radius 2 is 1.50 bits per heavy atom. The summed E-state index contributed by atoms with van der Waals surface area (Å²) in [7, 11) is 0. The number of hydrogen-bond donors (Lipinski definition) is 1. The standard InChI is InChI=1S/C34H38O2/c1-4-21-6-10-23(11-7-21)28-20-29-25-18-19-34(3)30(16-17-31(34)35)26(25)14-15-27(29)32(33(28)36)24-12-8-22(5-2)9-13-24/h6-13,20,25-26,30,36H,4-5,14-19H2,1-3H3/t25-,26+,30-,34-/m0/s1. The highest BCUT2D eigenvalue weighted by molar-refractivity contribution is 5.88. The van der Waals surface area contributed by atoms with Crippen LogP contribution in [-0.2, 0) is 24.1 Å². The highest BCUT2D eigenvalue weighted by Gasteiger charge is 2.54. The van der Waals surface area contributed by atoms with E-state index < -0.39 is 0 Å². The minimum Gasteiger partial charge on any atom is -0.507 e. The van der Waals surface area contributed by atoms with Crippen molar-refractivity contribution in [2.45, 2.75) is 78.1 Å². The maximum atomic E-state index is 12.8. The molecule has 0 aromatic heterocycles. The number of aromatic hydroxyl groups is 1. The molecule has 6 rings (SSSR count). The quantitative estimate of drug-likeness (QED) is 0.410. The lowest BCUT2D eigenvalue weighted by Crippen LogP contribution is -2.42. The van der Waals surface area contributed by atoms with Crippen molar-refractivity contribution in [3.8, 4) is 28.0 Å². The fourth-order valence-corrected chi connectivity index (χ4v) is 7.85. The molecule has 3 aromatic carbocycles. The molecule has 0 aliphatic heterocycles. The van der Waals surface area contributed by atoms with E-state index in [4.69, 9.17) is 0 Å². The molecule has 1 N–H and O–H groups in total. The zero-order chi connectivity index (χ0) is 25.0. The van der Waals surface area contributed by atoms with E-state index in [0.29, 0.717) is 29.3 Å². The monoisotopic (exact) mass is 478 g/mol. The second-order valence-electron chi connectivity index (χ2n) is 11.6. The molecule has 2 fully saturated rings. The van der Waals surface area contributed by atoms with Crippen molar-refractivity contribution in [2.75, 3.05) is 0 Å². The molecule has 3 aromatic rings. The van der Waals surface area contributed by atoms with Gasteiger partial charge in [-0.2, -0.15) is 0 Å². The van der Waals surface area contributed by atoms with Gasteiger partial charge in [0.05, 0.1) is 0 Å². The van der Waals surface area contributed by atoms with Gasteiger partial charge in [0.1, 0.15) is 11.5 Å². The predicted octanol–water partition coefficient (Wildman–Crippen LogP) is 8.28. The fourth-order valence-electron chi connectivity index (χ4n) is 7.85. The number of ketones is 1. The maximum Gasteiger partial charge on any atom is 0.139 e. The molecule has 0 unspecified atom stereocenters. The molecule has 186 valence electrons. The normalized spacial score (nSPS) is 26.9. The lowest BCUT2D eigenvalue weighted by Gasteiger charge is -2.48. The number of benzene rings is 3. The molecule has 2 heteroatoms. The summed E-state index contributed by atoms with van der Waals surface area (Å²) in [5.74, 6) is 2.46. The molecule has 0 heterocycles. The van der Waals surface area contributed by atoms with E-state index in [0.717, 1.165) is 73.6 Å². The van der Waals surface area contributed by atoms with Crippen LogP contribution in [0.2, 0.25) is 0 Å². The van der Waals surface area contributed by atoms with Gasteiger partial charge in [-0.05, 0) is 102 Å². The van der Waals surface area contributed by atoms with Crippen molar-refractivity contribution in [1.29, 1.82) is 0 Å². The van der Waals surface area contributed by atoms with Gasteiger partial charge >= 0.3 is 0 Å². The van der Waals surface area contributed by atoms with Crippen LogP contribution in [0, 0.1) is 17.3 Å². The Balaban J connectivity index is 1.52. The van der Waals surface area contributed by atoms with Crippen LogP contribution in [0.1, 0.15) is 81.0 Å². The van der Waals surface area contributed by atoms with Gasteiger partial charge in [0.2, 0.25) is 0 Å². The largest absolute Gasteiger partial charge is 0.507 e. The molecule has 3 aliphatic rings. The van der Waals surface area contributed by atoms with Crippen LogP contribution in [-0.4, -0.2) is 10.9 Å². The van der Waals surface area contributed by atoms with E-state index >= 15 is 0 Å². The maximum absolute atomic E-state index is 12.8. The van der Waals surface area contributed by atoms with Gasteiger partial charge in [-0.25, -0.2) is 0 Å². The Kier molecular flexibility index (Phi) is 5.82. The third-order valence-corrected chi connectivity index (χ3v) is 10.0. The van der Waals surface area contributed by atoms with Crippen LogP contribution in [0.5, 0.6) is 5.75 Å². The number of fused-ring (bicyclic) bond motifs is 5. The molecule has 4 atom stereocenters. The molecule has 0 amide bonds. The number of Topliss-reactive ketones (excluding diaryl/α,β-unsaturated/α-hetero) is 1. The van der Waals surface area contributed by atoms with Crippen LogP contribution in [0.15, 0.2) is 54.6 Å². The highest BCUT2D eigenvalue weighted by atomic mass is 16.3. The lowest BCUT2D eigenvalue weighted by atomic mass is 9.55. The second-order valence-corrected chi connectivity index (χ2v) is 11.6. The predicted molar refractivity (Wildman–Crippen MR) is 147 cm³/mol. The third kappa shape index (κ3) is 3.56. The van der Waals surface area contributed by atoms with Crippen molar-refractivity contribution in [2.24, 2.45) is 17.3 Å². The average molecular weight is 479 g/mol. The van der Waals surface area contributed by atoms with Gasteiger partial charge in [-0.3, -0.25) is 4.79 Å². The summed E-state index contributed by atoms with van der Waals surface area (Å²) in [6, 6.07) is 19.8. The van der Waals surface area contributed by atoms with Crippen molar-refractivity contribution in [3.63, 3.8) is 0 Å². The van der Waals surface area contributed by atoms with Crippen LogP contribution >= 0.6 is 0 Å². The molecule has 36 heavy (non-hydrogen) atoms. The van der Waals surface area contributed by atoms with Gasteiger partial charge in [-0.1, -0.05) is 69.3 Å². The first-order valence-electron chi connectivity index (χ1n) is 14.0. The van der Waals surface area contributed by atoms with E-state index in [1.807, 2.05) is 0 Å². The van der Waals surface area contributed by atoms with Crippen LogP contribution in [0.25, 0.3) is 22.3 Å². The van der Waals surface area contributed by atoms with Crippen molar-refractivity contribution in [3.05, 3.63) is 76.9 Å². The van der Waals surface area contributed by atoms with Gasteiger partial charge in [-0.15, -0.1) is 0 Å². The van der Waals surface area contributed by atoms with Gasteiger partial charge in [0, 0.05) is 23.0 Å². The number of carbonyl (C=O) groups excluding carboxylic acids is 1. The minimum atomic E-state index is -0.118. The van der Waals surface area contributed by atoms with Crippen LogP contribution in [0.4, 0.5) is 0 Å². The number of phenols is 1. The molecule has 0 radical (unpaired) electrons. The topological polar surface area (TPSA) is 37.3 Å². The fraction of sp³-hybridized carbons (Fsp3) is 0.441. The molecule has 0 saturated heterocycles. The molecule has 3 aliphatic carbocycles. The van der Waals surface area contributed by atoms with E-state index in [9.17, 15) is 9.90 Å².